The Morgan fingerprint density at radius 1 is 1.22 bits per heavy atom. The standard InChI is InChI=1S/C12H13F3N4O3S/c1-18-10(12(13,14)15)17-19(11(18)20)8-7-16-23(21,22)9-5-3-2-4-6-9/h2-6,16H,7-8H2,1H3. The maximum Gasteiger partial charge on any atom is 0.451 e. The van der Waals surface area contributed by atoms with Gasteiger partial charge in [0.15, 0.2) is 0 Å². The third-order valence-electron chi connectivity index (χ3n) is 2.96. The minimum absolute atomic E-state index is 0.0179. The van der Waals surface area contributed by atoms with E-state index in [4.69, 9.17) is 0 Å². The molecule has 1 aromatic heterocycles. The van der Waals surface area contributed by atoms with Crippen molar-refractivity contribution in [3.8, 4) is 0 Å². The van der Waals surface area contributed by atoms with Gasteiger partial charge in [0.05, 0.1) is 11.4 Å². The summed E-state index contributed by atoms with van der Waals surface area (Å²) in [4.78, 5) is 11.7. The fourth-order valence-corrected chi connectivity index (χ4v) is 2.89. The lowest BCUT2D eigenvalue weighted by atomic mass is 10.4. The molecular formula is C12H13F3N4O3S. The van der Waals surface area contributed by atoms with Gasteiger partial charge in [-0.25, -0.2) is 22.6 Å². The normalized spacial score (nSPS) is 12.5. The maximum absolute atomic E-state index is 12.6. The van der Waals surface area contributed by atoms with Crippen LogP contribution in [0.4, 0.5) is 13.2 Å². The molecule has 2 aromatic rings. The Hall–Kier alpha value is -2.14. The molecule has 0 fully saturated rings. The maximum atomic E-state index is 12.6. The van der Waals surface area contributed by atoms with Gasteiger partial charge in [-0.3, -0.25) is 4.57 Å². The Bertz CT molecular complexity index is 841. The number of hydrogen-bond donors (Lipinski definition) is 1. The highest BCUT2D eigenvalue weighted by Gasteiger charge is 2.37. The van der Waals surface area contributed by atoms with Gasteiger partial charge in [0.1, 0.15) is 0 Å². The van der Waals surface area contributed by atoms with Crippen LogP contribution in [0.1, 0.15) is 5.82 Å². The number of nitrogens with one attached hydrogen (secondary N) is 1. The average molecular weight is 350 g/mol. The van der Waals surface area contributed by atoms with Gasteiger partial charge in [-0.15, -0.1) is 5.10 Å². The summed E-state index contributed by atoms with van der Waals surface area (Å²) in [7, 11) is -2.85. The number of benzene rings is 1. The van der Waals surface area contributed by atoms with Gasteiger partial charge >= 0.3 is 11.9 Å². The first kappa shape index (κ1) is 17.2. The van der Waals surface area contributed by atoms with Crippen molar-refractivity contribution in [3.63, 3.8) is 0 Å². The third-order valence-corrected chi connectivity index (χ3v) is 4.44. The van der Waals surface area contributed by atoms with E-state index in [1.807, 2.05) is 0 Å². The summed E-state index contributed by atoms with van der Waals surface area (Å²) in [6.45, 7) is -0.597. The quantitative estimate of drug-likeness (QED) is 0.855. The largest absolute Gasteiger partial charge is 0.451 e. The van der Waals surface area contributed by atoms with Crippen LogP contribution in [-0.4, -0.2) is 29.3 Å². The molecule has 1 heterocycles. The number of alkyl halides is 3. The van der Waals surface area contributed by atoms with E-state index in [1.165, 1.54) is 24.3 Å². The Balaban J connectivity index is 2.10. The van der Waals surface area contributed by atoms with E-state index in [1.54, 1.807) is 6.07 Å². The zero-order chi connectivity index (χ0) is 17.3. The minimum Gasteiger partial charge on any atom is -0.274 e. The summed E-state index contributed by atoms with van der Waals surface area (Å²) in [6, 6.07) is 7.46. The lowest BCUT2D eigenvalue weighted by Gasteiger charge is -2.06. The van der Waals surface area contributed by atoms with Crippen LogP contribution in [0, 0.1) is 0 Å². The molecule has 0 unspecified atom stereocenters. The summed E-state index contributed by atoms with van der Waals surface area (Å²) < 4.78 is 64.9. The molecule has 7 nitrogen and oxygen atoms in total. The van der Waals surface area contributed by atoms with Gasteiger partial charge in [0.25, 0.3) is 0 Å². The van der Waals surface area contributed by atoms with Crippen molar-refractivity contribution >= 4 is 10.0 Å². The third kappa shape index (κ3) is 3.79. The van der Waals surface area contributed by atoms with Crippen molar-refractivity contribution in [1.82, 2.24) is 19.1 Å². The lowest BCUT2D eigenvalue weighted by molar-refractivity contribution is -0.147. The molecule has 0 aliphatic rings. The smallest absolute Gasteiger partial charge is 0.274 e. The number of sulfonamides is 1. The number of rotatable bonds is 5. The first-order valence-electron chi connectivity index (χ1n) is 6.38. The Kier molecular flexibility index (Phi) is 4.61. The molecule has 0 aliphatic carbocycles. The highest BCUT2D eigenvalue weighted by Crippen LogP contribution is 2.25. The van der Waals surface area contributed by atoms with Crippen LogP contribution in [0.5, 0.6) is 0 Å². The fourth-order valence-electron chi connectivity index (χ4n) is 1.85. The first-order chi connectivity index (χ1) is 10.6. The van der Waals surface area contributed by atoms with Crippen LogP contribution in [0.2, 0.25) is 0 Å². The molecule has 0 spiro atoms. The Morgan fingerprint density at radius 2 is 1.83 bits per heavy atom. The summed E-state index contributed by atoms with van der Waals surface area (Å²) in [6.07, 6.45) is -4.76. The van der Waals surface area contributed by atoms with E-state index < -0.39 is 27.7 Å². The molecule has 23 heavy (non-hydrogen) atoms. The van der Waals surface area contributed by atoms with E-state index in [0.717, 1.165) is 7.05 Å². The SMILES string of the molecule is Cn1c(C(F)(F)F)nn(CCNS(=O)(=O)c2ccccc2)c1=O. The second-order valence-corrected chi connectivity index (χ2v) is 6.36. The molecule has 0 saturated heterocycles. The van der Waals surface area contributed by atoms with Crippen LogP contribution in [0.15, 0.2) is 40.0 Å². The van der Waals surface area contributed by atoms with Crippen molar-refractivity contribution in [2.75, 3.05) is 6.54 Å². The topological polar surface area (TPSA) is 86.0 Å². The molecular weight excluding hydrogens is 337 g/mol. The van der Waals surface area contributed by atoms with Crippen molar-refractivity contribution in [1.29, 1.82) is 0 Å². The molecule has 126 valence electrons. The Morgan fingerprint density at radius 3 is 2.35 bits per heavy atom. The molecule has 11 heteroatoms. The molecule has 0 bridgehead atoms. The fraction of sp³-hybridized carbons (Fsp3) is 0.333. The molecule has 0 saturated carbocycles. The zero-order valence-electron chi connectivity index (χ0n) is 11.9. The van der Waals surface area contributed by atoms with Crippen LogP contribution in [0.25, 0.3) is 0 Å². The second kappa shape index (κ2) is 6.16. The molecule has 2 rings (SSSR count). The average Bonchev–Trinajstić information content (AvgIpc) is 2.76. The van der Waals surface area contributed by atoms with E-state index in [-0.39, 0.29) is 18.0 Å². The summed E-state index contributed by atoms with van der Waals surface area (Å²) in [5.74, 6) is -1.34. The van der Waals surface area contributed by atoms with Gasteiger partial charge in [-0.1, -0.05) is 18.2 Å². The highest BCUT2D eigenvalue weighted by molar-refractivity contribution is 7.89. The number of halogens is 3. The molecule has 0 amide bonds. The van der Waals surface area contributed by atoms with Crippen molar-refractivity contribution in [2.24, 2.45) is 7.05 Å². The second-order valence-electron chi connectivity index (χ2n) is 4.60. The predicted molar refractivity (Wildman–Crippen MR) is 74.1 cm³/mol. The molecule has 1 aromatic carbocycles. The van der Waals surface area contributed by atoms with E-state index >= 15 is 0 Å². The lowest BCUT2D eigenvalue weighted by Crippen LogP contribution is -2.31. The van der Waals surface area contributed by atoms with Crippen molar-refractivity contribution < 1.29 is 21.6 Å². The predicted octanol–water partition coefficient (Wildman–Crippen LogP) is 0.579. The minimum atomic E-state index is -4.76. The van der Waals surface area contributed by atoms with Crippen molar-refractivity contribution in [2.45, 2.75) is 17.6 Å². The van der Waals surface area contributed by atoms with Gasteiger partial charge in [0, 0.05) is 13.6 Å². The van der Waals surface area contributed by atoms with Gasteiger partial charge in [-0.2, -0.15) is 13.2 Å². The molecule has 0 radical (unpaired) electrons. The summed E-state index contributed by atoms with van der Waals surface area (Å²) in [5, 5.41) is 3.18. The van der Waals surface area contributed by atoms with Crippen molar-refractivity contribution in [3.05, 3.63) is 46.6 Å². The van der Waals surface area contributed by atoms with Gasteiger partial charge in [0.2, 0.25) is 15.8 Å². The summed E-state index contributed by atoms with van der Waals surface area (Å²) >= 11 is 0. The number of nitrogens with zero attached hydrogens (tertiary/aromatic N) is 3. The monoisotopic (exact) mass is 350 g/mol. The zero-order valence-corrected chi connectivity index (χ0v) is 12.7. The summed E-state index contributed by atoms with van der Waals surface area (Å²) in [5.41, 5.74) is -0.976. The van der Waals surface area contributed by atoms with Crippen LogP contribution >= 0.6 is 0 Å². The molecule has 0 atom stereocenters. The van der Waals surface area contributed by atoms with Gasteiger partial charge < -0.3 is 0 Å². The van der Waals surface area contributed by atoms with Crippen LogP contribution < -0.4 is 10.4 Å². The molecule has 0 aliphatic heterocycles. The highest BCUT2D eigenvalue weighted by atomic mass is 32.2. The Labute approximate surface area is 129 Å². The molecule has 1 N–H and O–H groups in total. The van der Waals surface area contributed by atoms with Crippen LogP contribution in [-0.2, 0) is 29.8 Å². The van der Waals surface area contributed by atoms with Crippen LogP contribution in [0.3, 0.4) is 0 Å². The number of hydrogen-bond acceptors (Lipinski definition) is 4. The van der Waals surface area contributed by atoms with E-state index in [2.05, 4.69) is 9.82 Å². The van der Waals surface area contributed by atoms with E-state index in [9.17, 15) is 26.4 Å². The number of aromatic nitrogens is 3. The van der Waals surface area contributed by atoms with E-state index in [0.29, 0.717) is 9.25 Å². The first-order valence-corrected chi connectivity index (χ1v) is 7.87. The van der Waals surface area contributed by atoms with Gasteiger partial charge in [-0.05, 0) is 12.1 Å².